The fraction of sp³-hybridized carbons (Fsp3) is 0.459. The van der Waals surface area contributed by atoms with Gasteiger partial charge in [-0.1, -0.05) is 70.3 Å². The molecular weight excluding hydrogens is 1170 g/mol. The Bertz CT molecular complexity index is 3000. The molecule has 0 aliphatic carbocycles. The summed E-state index contributed by atoms with van der Waals surface area (Å²) in [6.07, 6.45) is 5.31. The van der Waals surface area contributed by atoms with Crippen LogP contribution in [0, 0.1) is 0 Å². The maximum Gasteiger partial charge on any atom is 0.325 e. The second-order valence-corrected chi connectivity index (χ2v) is 22.9. The molecule has 3 heterocycles. The smallest absolute Gasteiger partial charge is 0.325 e. The third kappa shape index (κ3) is 23.1. The van der Waals surface area contributed by atoms with Gasteiger partial charge in [0.2, 0.25) is 17.7 Å². The topological polar surface area (TPSA) is 207 Å². The highest BCUT2D eigenvalue weighted by Gasteiger charge is 2.33. The minimum Gasteiger partial charge on any atom is -0.494 e. The number of nitrogens with zero attached hydrogens (tertiary/aromatic N) is 8. The lowest BCUT2D eigenvalue weighted by molar-refractivity contribution is -0.143. The number of piperazine rings is 1. The van der Waals surface area contributed by atoms with Crippen LogP contribution in [0.1, 0.15) is 67.2 Å². The number of carbonyl (C=O) groups is 4. The Hall–Kier alpha value is -6.40. The number of aromatic nitrogens is 4. The highest BCUT2D eigenvalue weighted by atomic mass is 35.5. The van der Waals surface area contributed by atoms with Gasteiger partial charge in [-0.05, 0) is 131 Å². The molecule has 24 heteroatoms. The maximum absolute atomic E-state index is 14.0. The number of benzene rings is 4. The summed E-state index contributed by atoms with van der Waals surface area (Å²) >= 11 is 20.0. The lowest BCUT2D eigenvalue weighted by Gasteiger charge is -2.35. The number of hydrogen-bond acceptors (Lipinski definition) is 15. The van der Waals surface area contributed by atoms with E-state index >= 15 is 0 Å². The van der Waals surface area contributed by atoms with Gasteiger partial charge in [-0.15, -0.1) is 16.4 Å². The van der Waals surface area contributed by atoms with E-state index in [1.165, 1.54) is 11.3 Å². The maximum atomic E-state index is 14.0. The minimum atomic E-state index is -0.926. The van der Waals surface area contributed by atoms with Gasteiger partial charge < -0.3 is 53.9 Å². The zero-order chi connectivity index (χ0) is 60.3. The van der Waals surface area contributed by atoms with Gasteiger partial charge in [0.05, 0.1) is 80.6 Å². The third-order valence-electron chi connectivity index (χ3n) is 13.9. The van der Waals surface area contributed by atoms with Gasteiger partial charge in [-0.3, -0.25) is 19.7 Å². The van der Waals surface area contributed by atoms with Crippen LogP contribution in [0.4, 0.5) is 15.6 Å². The Morgan fingerprint density at radius 1 is 0.706 bits per heavy atom. The van der Waals surface area contributed by atoms with Gasteiger partial charge in [0.25, 0.3) is 0 Å². The first-order valence-corrected chi connectivity index (χ1v) is 30.7. The largest absolute Gasteiger partial charge is 0.494 e. The SMILES string of the molecule is CC(C)N(C(=O)CCc1ccc(OCCCCN(C)CCOCCOCCc2cn(CCOCCOc3ccc(NC(=O)Nc4nc(CC(=O)N5CCN(C)CC5)cs4)cc3)nn2)cc1)C(C(=O)NCc1ccc(Cl)cc1)c1ccc(Cl)c(Cl)c1. The average Bonchev–Trinajstić information content (AvgIpc) is 3.99. The second-order valence-electron chi connectivity index (χ2n) is 20.8. The van der Waals surface area contributed by atoms with Crippen LogP contribution in [0.3, 0.4) is 0 Å². The first-order chi connectivity index (χ1) is 41.1. The lowest BCUT2D eigenvalue weighted by Crippen LogP contribution is -2.47. The molecular formula is C61H78Cl3N11O9S. The molecule has 458 valence electrons. The Kier molecular flexibility index (Phi) is 27.5. The number of amides is 5. The summed E-state index contributed by atoms with van der Waals surface area (Å²) in [6, 6.07) is 25.4. The zero-order valence-corrected chi connectivity index (χ0v) is 51.9. The number of urea groups is 1. The molecule has 1 aliphatic rings. The fourth-order valence-electron chi connectivity index (χ4n) is 9.08. The van der Waals surface area contributed by atoms with Crippen molar-refractivity contribution in [1.82, 2.24) is 44.9 Å². The molecule has 85 heavy (non-hydrogen) atoms. The lowest BCUT2D eigenvalue weighted by atomic mass is 10.0. The summed E-state index contributed by atoms with van der Waals surface area (Å²) < 4.78 is 30.9. The molecule has 0 radical (unpaired) electrons. The van der Waals surface area contributed by atoms with E-state index in [0.29, 0.717) is 128 Å². The van der Waals surface area contributed by atoms with Crippen molar-refractivity contribution in [3.63, 3.8) is 0 Å². The van der Waals surface area contributed by atoms with Crippen molar-refractivity contribution in [3.05, 3.63) is 146 Å². The fourth-order valence-corrected chi connectivity index (χ4v) is 10.2. The standard InChI is InChI=1S/C61H78Cl3N11O9S/c1-44(2)75(58(47-12-21-54(63)55(64)39-47)59(78)65-41-46-7-13-48(62)14-8-46)56(76)22-11-45-9-17-52(18-10-45)83-31-6-5-24-71(3)29-33-81-36-35-80-32-23-50-42-74(70-69-50)30-34-82-37-38-84-53-19-15-49(16-20-53)66-60(79)68-61-67-51(43-85-61)40-57(77)73-27-25-72(4)26-28-73/h7-10,12-21,39,42-44,58H,5-6,11,22-38,40-41H2,1-4H3,(H,65,78)(H2,66,67,68,79). The van der Waals surface area contributed by atoms with E-state index < -0.39 is 12.1 Å². The van der Waals surface area contributed by atoms with Gasteiger partial charge in [-0.2, -0.15) is 0 Å². The molecule has 1 unspecified atom stereocenters. The van der Waals surface area contributed by atoms with E-state index in [1.54, 1.807) is 69.6 Å². The molecule has 0 bridgehead atoms. The zero-order valence-electron chi connectivity index (χ0n) is 48.8. The van der Waals surface area contributed by atoms with Gasteiger partial charge in [0, 0.05) is 80.4 Å². The highest BCUT2D eigenvalue weighted by molar-refractivity contribution is 7.14. The quantitative estimate of drug-likeness (QED) is 0.0317. The summed E-state index contributed by atoms with van der Waals surface area (Å²) in [5.41, 5.74) is 4.49. The summed E-state index contributed by atoms with van der Waals surface area (Å²) in [5, 5.41) is 20.5. The molecule has 5 amide bonds. The molecule has 3 N–H and O–H groups in total. The molecule has 1 aliphatic heterocycles. The molecule has 2 aromatic heterocycles. The number of unbranched alkanes of at least 4 members (excludes halogenated alkanes) is 1. The van der Waals surface area contributed by atoms with Gasteiger partial charge in [0.15, 0.2) is 5.13 Å². The van der Waals surface area contributed by atoms with Crippen molar-refractivity contribution in [3.8, 4) is 11.5 Å². The van der Waals surface area contributed by atoms with Crippen LogP contribution >= 0.6 is 46.1 Å². The average molecular weight is 1250 g/mol. The van der Waals surface area contributed by atoms with E-state index in [4.69, 9.17) is 58.5 Å². The monoisotopic (exact) mass is 1250 g/mol. The number of nitrogens with one attached hydrogen (secondary N) is 3. The van der Waals surface area contributed by atoms with E-state index in [-0.39, 0.29) is 43.1 Å². The van der Waals surface area contributed by atoms with Gasteiger partial charge >= 0.3 is 6.03 Å². The van der Waals surface area contributed by atoms with Crippen molar-refractivity contribution in [1.29, 1.82) is 0 Å². The summed E-state index contributed by atoms with van der Waals surface area (Å²) in [7, 11) is 4.13. The number of carbonyl (C=O) groups excluding carboxylic acids is 4. The predicted molar refractivity (Wildman–Crippen MR) is 332 cm³/mol. The van der Waals surface area contributed by atoms with Crippen molar-refractivity contribution in [2.75, 3.05) is 117 Å². The number of aryl methyl sites for hydroxylation is 1. The summed E-state index contributed by atoms with van der Waals surface area (Å²) in [4.78, 5) is 65.4. The molecule has 6 aromatic rings. The Balaban J connectivity index is 0.666. The van der Waals surface area contributed by atoms with Crippen LogP contribution in [0.2, 0.25) is 15.1 Å². The molecule has 0 spiro atoms. The molecule has 0 saturated carbocycles. The molecule has 7 rings (SSSR count). The minimum absolute atomic E-state index is 0.0447. The van der Waals surface area contributed by atoms with E-state index in [9.17, 15) is 19.2 Å². The number of rotatable bonds is 35. The van der Waals surface area contributed by atoms with Crippen molar-refractivity contribution >= 4 is 80.7 Å². The Morgan fingerprint density at radius 2 is 1.39 bits per heavy atom. The van der Waals surface area contributed by atoms with Crippen LogP contribution in [-0.2, 0) is 60.9 Å². The van der Waals surface area contributed by atoms with Crippen molar-refractivity contribution < 1.29 is 42.9 Å². The van der Waals surface area contributed by atoms with Crippen LogP contribution in [-0.4, -0.2) is 176 Å². The Labute approximate surface area is 517 Å². The number of hydrogen-bond donors (Lipinski definition) is 3. The molecule has 4 aromatic carbocycles. The summed E-state index contributed by atoms with van der Waals surface area (Å²) in [5.74, 6) is 0.966. The highest BCUT2D eigenvalue weighted by Crippen LogP contribution is 2.31. The van der Waals surface area contributed by atoms with Crippen LogP contribution in [0.5, 0.6) is 11.5 Å². The number of ether oxygens (including phenoxy) is 5. The molecule has 1 atom stereocenters. The molecule has 1 saturated heterocycles. The first-order valence-electron chi connectivity index (χ1n) is 28.7. The van der Waals surface area contributed by atoms with E-state index in [1.807, 2.05) is 68.4 Å². The van der Waals surface area contributed by atoms with Crippen LogP contribution in [0.15, 0.2) is 103 Å². The number of likely N-dealkylation sites (N-methyl/N-ethyl adjacent to an activating group) is 2. The predicted octanol–water partition coefficient (Wildman–Crippen LogP) is 9.34. The van der Waals surface area contributed by atoms with E-state index in [2.05, 4.69) is 48.1 Å². The van der Waals surface area contributed by atoms with Crippen molar-refractivity contribution in [2.45, 2.75) is 77.5 Å². The number of anilines is 2. The van der Waals surface area contributed by atoms with Crippen LogP contribution in [0.25, 0.3) is 0 Å². The van der Waals surface area contributed by atoms with Crippen LogP contribution < -0.4 is 25.4 Å². The molecule has 1 fully saturated rings. The number of thiazole rings is 1. The third-order valence-corrected chi connectivity index (χ3v) is 15.7. The summed E-state index contributed by atoms with van der Waals surface area (Å²) in [6.45, 7) is 13.4. The first kappa shape index (κ1) is 66.1. The normalized spacial score (nSPS) is 13.0. The molecule has 20 nitrogen and oxygen atoms in total. The second kappa shape index (κ2) is 35.3. The Morgan fingerprint density at radius 3 is 2.12 bits per heavy atom. The van der Waals surface area contributed by atoms with Gasteiger partial charge in [-0.25, -0.2) is 14.5 Å². The number of halogens is 3. The van der Waals surface area contributed by atoms with Gasteiger partial charge in [0.1, 0.15) is 24.1 Å². The van der Waals surface area contributed by atoms with Crippen molar-refractivity contribution in [2.24, 2.45) is 0 Å². The van der Waals surface area contributed by atoms with E-state index in [0.717, 1.165) is 61.6 Å².